The van der Waals surface area contributed by atoms with Crippen LogP contribution in [-0.2, 0) is 4.79 Å². The van der Waals surface area contributed by atoms with E-state index in [0.29, 0.717) is 5.56 Å². The van der Waals surface area contributed by atoms with Crippen molar-refractivity contribution in [3.8, 4) is 0 Å². The Morgan fingerprint density at radius 1 is 1.08 bits per heavy atom. The molecule has 4 rings (SSSR count). The van der Waals surface area contributed by atoms with Crippen LogP contribution in [0.2, 0.25) is 0 Å². The zero-order valence-electron chi connectivity index (χ0n) is 13.6. The van der Waals surface area contributed by atoms with Gasteiger partial charge in [0, 0.05) is 15.4 Å². The number of rotatable bonds is 4. The number of hydrogen-bond donors (Lipinski definition) is 1. The number of nitrogens with one attached hydrogen (secondary N) is 1. The summed E-state index contributed by atoms with van der Waals surface area (Å²) in [5.74, 6) is -0.514. The van der Waals surface area contributed by atoms with Gasteiger partial charge in [0.05, 0.1) is 11.9 Å². The van der Waals surface area contributed by atoms with Crippen molar-refractivity contribution < 1.29 is 9.59 Å². The fraction of sp³-hybridized carbons (Fsp3) is 0.0500. The van der Waals surface area contributed by atoms with Gasteiger partial charge in [0.2, 0.25) is 0 Å². The van der Waals surface area contributed by atoms with E-state index in [0.717, 1.165) is 26.5 Å². The highest BCUT2D eigenvalue weighted by atomic mass is 79.9. The van der Waals surface area contributed by atoms with E-state index < -0.39 is 0 Å². The molecular formula is C20H14BrN3O2. The maximum absolute atomic E-state index is 12.6. The summed E-state index contributed by atoms with van der Waals surface area (Å²) in [6, 6.07) is 18.8. The highest BCUT2D eigenvalue weighted by Gasteiger charge is 2.30. The van der Waals surface area contributed by atoms with Crippen molar-refractivity contribution in [2.24, 2.45) is 5.10 Å². The molecule has 0 aliphatic carbocycles. The first kappa shape index (κ1) is 16.5. The predicted molar refractivity (Wildman–Crippen MR) is 106 cm³/mol. The number of amides is 2. The first-order chi connectivity index (χ1) is 12.6. The van der Waals surface area contributed by atoms with E-state index in [1.165, 1.54) is 4.90 Å². The Labute approximate surface area is 158 Å². The molecule has 3 aromatic rings. The molecule has 0 unspecified atom stereocenters. The van der Waals surface area contributed by atoms with Crippen molar-refractivity contribution in [3.63, 3.8) is 0 Å². The Kier molecular flexibility index (Phi) is 4.26. The molecule has 6 heteroatoms. The van der Waals surface area contributed by atoms with Crippen LogP contribution in [-0.4, -0.2) is 24.6 Å². The summed E-state index contributed by atoms with van der Waals surface area (Å²) in [7, 11) is 0. The number of carbonyl (C=O) groups excluding carboxylic acids is 2. The lowest BCUT2D eigenvalue weighted by Crippen LogP contribution is -2.37. The number of benzene rings is 3. The first-order valence-electron chi connectivity index (χ1n) is 8.04. The Balaban J connectivity index is 1.48. The number of nitrogens with zero attached hydrogens (tertiary/aromatic N) is 2. The van der Waals surface area contributed by atoms with E-state index in [2.05, 4.69) is 26.5 Å². The number of hydrogen-bond acceptors (Lipinski definition) is 3. The van der Waals surface area contributed by atoms with Gasteiger partial charge in [-0.1, -0.05) is 52.3 Å². The zero-order valence-corrected chi connectivity index (χ0v) is 15.2. The number of carbonyl (C=O) groups is 2. The lowest BCUT2D eigenvalue weighted by Gasteiger charge is -2.16. The van der Waals surface area contributed by atoms with Crippen LogP contribution in [0.5, 0.6) is 0 Å². The molecule has 1 N–H and O–H groups in total. The average Bonchev–Trinajstić information content (AvgIpc) is 2.92. The Hall–Kier alpha value is -2.99. The van der Waals surface area contributed by atoms with E-state index in [1.54, 1.807) is 12.3 Å². The highest BCUT2D eigenvalue weighted by molar-refractivity contribution is 9.10. The molecule has 0 spiro atoms. The number of hydrazone groups is 1. The third-order valence-electron chi connectivity index (χ3n) is 4.22. The van der Waals surface area contributed by atoms with E-state index >= 15 is 0 Å². The molecule has 0 atom stereocenters. The molecule has 0 aromatic heterocycles. The Morgan fingerprint density at radius 3 is 2.58 bits per heavy atom. The van der Waals surface area contributed by atoms with E-state index in [1.807, 2.05) is 54.6 Å². The Bertz CT molecular complexity index is 1040. The lowest BCUT2D eigenvalue weighted by atomic mass is 10.1. The first-order valence-corrected chi connectivity index (χ1v) is 8.84. The minimum absolute atomic E-state index is 0.0791. The molecule has 3 aromatic carbocycles. The molecule has 0 bridgehead atoms. The maximum Gasteiger partial charge on any atom is 0.260 e. The van der Waals surface area contributed by atoms with Crippen LogP contribution in [0.3, 0.4) is 0 Å². The van der Waals surface area contributed by atoms with Gasteiger partial charge in [0.25, 0.3) is 11.8 Å². The Morgan fingerprint density at radius 2 is 1.81 bits per heavy atom. The van der Waals surface area contributed by atoms with Crippen LogP contribution in [0.15, 0.2) is 70.2 Å². The summed E-state index contributed by atoms with van der Waals surface area (Å²) in [6.07, 6.45) is 1.56. The summed E-state index contributed by atoms with van der Waals surface area (Å²) in [5, 5.41) is 5.84. The fourth-order valence-electron chi connectivity index (χ4n) is 3.04. The van der Waals surface area contributed by atoms with Crippen molar-refractivity contribution >= 4 is 50.4 Å². The van der Waals surface area contributed by atoms with Gasteiger partial charge >= 0.3 is 0 Å². The molecule has 1 heterocycles. The van der Waals surface area contributed by atoms with Gasteiger partial charge in [-0.3, -0.25) is 14.5 Å². The van der Waals surface area contributed by atoms with Crippen LogP contribution in [0, 0.1) is 0 Å². The van der Waals surface area contributed by atoms with Crippen LogP contribution in [0.25, 0.3) is 10.8 Å². The average molecular weight is 408 g/mol. The third-order valence-corrected chi connectivity index (χ3v) is 4.75. The van der Waals surface area contributed by atoms with Gasteiger partial charge in [0.15, 0.2) is 0 Å². The van der Waals surface area contributed by atoms with Gasteiger partial charge < -0.3 is 0 Å². The largest absolute Gasteiger partial charge is 0.298 e. The van der Waals surface area contributed by atoms with Crippen molar-refractivity contribution in [3.05, 3.63) is 76.3 Å². The van der Waals surface area contributed by atoms with E-state index in [-0.39, 0.29) is 18.4 Å². The minimum Gasteiger partial charge on any atom is -0.298 e. The quantitative estimate of drug-likeness (QED) is 0.529. The predicted octanol–water partition coefficient (Wildman–Crippen LogP) is 3.71. The molecule has 0 saturated carbocycles. The van der Waals surface area contributed by atoms with E-state index in [9.17, 15) is 9.59 Å². The fourth-order valence-corrected chi connectivity index (χ4v) is 3.31. The summed E-state index contributed by atoms with van der Waals surface area (Å²) in [6.45, 7) is -0.0791. The topological polar surface area (TPSA) is 61.8 Å². The molecule has 128 valence electrons. The van der Waals surface area contributed by atoms with Crippen molar-refractivity contribution in [1.82, 2.24) is 5.43 Å². The van der Waals surface area contributed by atoms with Gasteiger partial charge in [0.1, 0.15) is 6.54 Å². The molecule has 1 aliphatic rings. The maximum atomic E-state index is 12.6. The minimum atomic E-state index is -0.350. The molecule has 1 aliphatic heterocycles. The molecule has 0 fully saturated rings. The molecule has 26 heavy (non-hydrogen) atoms. The second-order valence-corrected chi connectivity index (χ2v) is 6.83. The van der Waals surface area contributed by atoms with Gasteiger partial charge in [-0.15, -0.1) is 0 Å². The summed E-state index contributed by atoms with van der Waals surface area (Å²) in [5.41, 5.74) is 4.73. The van der Waals surface area contributed by atoms with Gasteiger partial charge in [-0.05, 0) is 35.2 Å². The van der Waals surface area contributed by atoms with Gasteiger partial charge in [-0.2, -0.15) is 5.10 Å². The number of halogens is 1. The standard InChI is InChI=1S/C20H14BrN3O2/c21-15-9-7-13(8-10-15)11-22-23-18(25)12-24-17-6-2-4-14-3-1-5-16(19(14)17)20(24)26/h1-11H,12H2,(H,23,25)/b22-11-. The van der Waals surface area contributed by atoms with Crippen LogP contribution in [0.4, 0.5) is 5.69 Å². The van der Waals surface area contributed by atoms with Crippen LogP contribution < -0.4 is 10.3 Å². The number of anilines is 1. The molecule has 0 saturated heterocycles. The smallest absolute Gasteiger partial charge is 0.260 e. The van der Waals surface area contributed by atoms with Crippen molar-refractivity contribution in [2.75, 3.05) is 11.4 Å². The monoisotopic (exact) mass is 407 g/mol. The second kappa shape index (κ2) is 6.72. The van der Waals surface area contributed by atoms with Crippen molar-refractivity contribution in [1.29, 1.82) is 0 Å². The summed E-state index contributed by atoms with van der Waals surface area (Å²) in [4.78, 5) is 26.4. The SMILES string of the molecule is O=C(CN1C(=O)c2cccc3cccc1c23)N/N=C\c1ccc(Br)cc1. The second-order valence-electron chi connectivity index (χ2n) is 5.92. The lowest BCUT2D eigenvalue weighted by molar-refractivity contribution is -0.119. The third kappa shape index (κ3) is 2.99. The van der Waals surface area contributed by atoms with Crippen LogP contribution >= 0.6 is 15.9 Å². The van der Waals surface area contributed by atoms with Crippen LogP contribution in [0.1, 0.15) is 15.9 Å². The summed E-state index contributed by atoms with van der Waals surface area (Å²) >= 11 is 3.36. The molecule has 5 nitrogen and oxygen atoms in total. The molecule has 0 radical (unpaired) electrons. The normalized spacial score (nSPS) is 13.0. The highest BCUT2D eigenvalue weighted by Crippen LogP contribution is 2.36. The van der Waals surface area contributed by atoms with Gasteiger partial charge in [-0.25, -0.2) is 5.43 Å². The zero-order chi connectivity index (χ0) is 18.1. The van der Waals surface area contributed by atoms with E-state index in [4.69, 9.17) is 0 Å². The molecular weight excluding hydrogens is 394 g/mol. The van der Waals surface area contributed by atoms with Crippen molar-refractivity contribution in [2.45, 2.75) is 0 Å². The molecule has 2 amide bonds. The summed E-state index contributed by atoms with van der Waals surface area (Å²) < 4.78 is 0.972.